The van der Waals surface area contributed by atoms with E-state index >= 15 is 0 Å². The Kier molecular flexibility index (Phi) is 5.14. The number of hydrogen-bond donors (Lipinski definition) is 2. The Bertz CT molecular complexity index is 588. The third-order valence-corrected chi connectivity index (χ3v) is 5.48. The molecule has 1 aromatic carbocycles. The Balaban J connectivity index is 1.81. The summed E-state index contributed by atoms with van der Waals surface area (Å²) in [6.45, 7) is 1.04. The van der Waals surface area contributed by atoms with Gasteiger partial charge >= 0.3 is 0 Å². The van der Waals surface area contributed by atoms with E-state index in [2.05, 4.69) is 15.9 Å². The van der Waals surface area contributed by atoms with Gasteiger partial charge in [-0.25, -0.2) is 4.90 Å². The molecule has 0 bridgehead atoms. The van der Waals surface area contributed by atoms with E-state index in [9.17, 15) is 14.7 Å². The summed E-state index contributed by atoms with van der Waals surface area (Å²) in [6.07, 6.45) is 4.21. The lowest BCUT2D eigenvalue weighted by molar-refractivity contribution is -0.945. The van der Waals surface area contributed by atoms with Crippen LogP contribution < -0.4 is 9.80 Å². The molecule has 3 rings (SSSR count). The highest BCUT2D eigenvalue weighted by atomic mass is 79.9. The molecule has 2 amide bonds. The van der Waals surface area contributed by atoms with Crippen LogP contribution in [0.1, 0.15) is 32.1 Å². The lowest BCUT2D eigenvalue weighted by Crippen LogP contribution is -3.20. The summed E-state index contributed by atoms with van der Waals surface area (Å²) in [4.78, 5) is 27.8. The minimum absolute atomic E-state index is 0.0998. The van der Waals surface area contributed by atoms with E-state index in [-0.39, 0.29) is 36.9 Å². The molecular weight excluding hydrogens is 360 g/mol. The maximum Gasteiger partial charge on any atom is 0.292 e. The number of nitrogens with one attached hydrogen (secondary N) is 1. The smallest absolute Gasteiger partial charge is 0.292 e. The lowest BCUT2D eigenvalue weighted by atomic mass is 9.97. The molecule has 0 spiro atoms. The van der Waals surface area contributed by atoms with Crippen LogP contribution in [-0.2, 0) is 9.59 Å². The van der Waals surface area contributed by atoms with Gasteiger partial charge in [0.2, 0.25) is 5.91 Å². The first-order valence-corrected chi connectivity index (χ1v) is 9.00. The van der Waals surface area contributed by atoms with Gasteiger partial charge in [0.15, 0.2) is 6.04 Å². The SMILES string of the molecule is O=C1C[C@@H]([NH+]2CCCC[C@H]2CCO)C(=O)N1c1ccc(Br)cc1. The predicted octanol–water partition coefficient (Wildman–Crippen LogP) is 0.901. The summed E-state index contributed by atoms with van der Waals surface area (Å²) in [5.41, 5.74) is 0.640. The molecule has 2 saturated heterocycles. The fourth-order valence-corrected chi connectivity index (χ4v) is 4.10. The molecule has 3 atom stereocenters. The summed E-state index contributed by atoms with van der Waals surface area (Å²) >= 11 is 3.37. The molecule has 2 aliphatic rings. The van der Waals surface area contributed by atoms with E-state index in [1.165, 1.54) is 9.80 Å². The van der Waals surface area contributed by atoms with Crippen molar-refractivity contribution in [3.63, 3.8) is 0 Å². The van der Waals surface area contributed by atoms with Gasteiger partial charge in [0, 0.05) is 17.5 Å². The van der Waals surface area contributed by atoms with Gasteiger partial charge in [-0.1, -0.05) is 15.9 Å². The summed E-state index contributed by atoms with van der Waals surface area (Å²) in [7, 11) is 0. The summed E-state index contributed by atoms with van der Waals surface area (Å²) in [6, 6.07) is 7.23. The molecule has 1 unspecified atom stereocenters. The van der Waals surface area contributed by atoms with Crippen molar-refractivity contribution in [2.45, 2.75) is 44.2 Å². The number of likely N-dealkylation sites (tertiary alicyclic amines) is 1. The topological polar surface area (TPSA) is 62.1 Å². The van der Waals surface area contributed by atoms with E-state index in [4.69, 9.17) is 0 Å². The van der Waals surface area contributed by atoms with Crippen LogP contribution in [0.5, 0.6) is 0 Å². The number of anilines is 1. The van der Waals surface area contributed by atoms with E-state index in [1.807, 2.05) is 12.1 Å². The normalized spacial score (nSPS) is 28.4. The fraction of sp³-hybridized carbons (Fsp3) is 0.529. The second-order valence-electron chi connectivity index (χ2n) is 6.33. The van der Waals surface area contributed by atoms with Gasteiger partial charge in [-0.3, -0.25) is 9.59 Å². The Morgan fingerprint density at radius 2 is 1.96 bits per heavy atom. The van der Waals surface area contributed by atoms with Gasteiger partial charge in [-0.2, -0.15) is 0 Å². The van der Waals surface area contributed by atoms with Crippen LogP contribution >= 0.6 is 15.9 Å². The van der Waals surface area contributed by atoms with E-state index in [0.29, 0.717) is 12.1 Å². The first kappa shape index (κ1) is 16.6. The molecule has 0 aliphatic carbocycles. The van der Waals surface area contributed by atoms with E-state index < -0.39 is 0 Å². The largest absolute Gasteiger partial charge is 0.396 e. The van der Waals surface area contributed by atoms with Crippen molar-refractivity contribution in [1.82, 2.24) is 0 Å². The number of aliphatic hydroxyl groups is 1. The molecular formula is C17H22BrN2O3+. The molecule has 5 nitrogen and oxygen atoms in total. The van der Waals surface area contributed by atoms with Gasteiger partial charge < -0.3 is 10.0 Å². The van der Waals surface area contributed by atoms with Crippen molar-refractivity contribution in [3.8, 4) is 0 Å². The quantitative estimate of drug-likeness (QED) is 0.761. The number of quaternary nitrogens is 1. The Labute approximate surface area is 144 Å². The van der Waals surface area contributed by atoms with Crippen LogP contribution in [0.4, 0.5) is 5.69 Å². The van der Waals surface area contributed by atoms with Crippen LogP contribution in [-0.4, -0.2) is 42.2 Å². The second kappa shape index (κ2) is 7.11. The number of amides is 2. The third-order valence-electron chi connectivity index (χ3n) is 4.95. The van der Waals surface area contributed by atoms with Gasteiger partial charge in [0.1, 0.15) is 0 Å². The third kappa shape index (κ3) is 3.34. The Morgan fingerprint density at radius 1 is 1.22 bits per heavy atom. The highest BCUT2D eigenvalue weighted by Gasteiger charge is 2.48. The van der Waals surface area contributed by atoms with E-state index in [1.54, 1.807) is 12.1 Å². The minimum Gasteiger partial charge on any atom is -0.396 e. The van der Waals surface area contributed by atoms with Crippen molar-refractivity contribution in [1.29, 1.82) is 0 Å². The second-order valence-corrected chi connectivity index (χ2v) is 7.25. The van der Waals surface area contributed by atoms with Crippen molar-refractivity contribution in [2.24, 2.45) is 0 Å². The van der Waals surface area contributed by atoms with Crippen molar-refractivity contribution >= 4 is 33.4 Å². The first-order chi connectivity index (χ1) is 11.1. The number of aliphatic hydroxyl groups excluding tert-OH is 1. The van der Waals surface area contributed by atoms with Crippen molar-refractivity contribution in [3.05, 3.63) is 28.7 Å². The number of benzene rings is 1. The molecule has 23 heavy (non-hydrogen) atoms. The van der Waals surface area contributed by atoms with Gasteiger partial charge in [-0.15, -0.1) is 0 Å². The number of piperidine rings is 1. The number of carbonyl (C=O) groups is 2. The molecule has 2 aliphatic heterocycles. The summed E-state index contributed by atoms with van der Waals surface area (Å²) < 4.78 is 0.918. The van der Waals surface area contributed by atoms with Crippen LogP contribution in [0.3, 0.4) is 0 Å². The summed E-state index contributed by atoms with van der Waals surface area (Å²) in [5, 5.41) is 9.27. The first-order valence-electron chi connectivity index (χ1n) is 8.20. The number of halogens is 1. The Hall–Kier alpha value is -1.24. The molecule has 0 saturated carbocycles. The zero-order valence-electron chi connectivity index (χ0n) is 13.0. The predicted molar refractivity (Wildman–Crippen MR) is 90.2 cm³/mol. The number of imide groups is 1. The fourth-order valence-electron chi connectivity index (χ4n) is 3.84. The number of carbonyl (C=O) groups excluding carboxylic acids is 2. The van der Waals surface area contributed by atoms with Crippen molar-refractivity contribution in [2.75, 3.05) is 18.1 Å². The van der Waals surface area contributed by atoms with E-state index in [0.717, 1.165) is 30.3 Å². The molecule has 124 valence electrons. The molecule has 6 heteroatoms. The van der Waals surface area contributed by atoms with Gasteiger partial charge in [0.05, 0.1) is 24.7 Å². The van der Waals surface area contributed by atoms with Crippen LogP contribution in [0.15, 0.2) is 28.7 Å². The van der Waals surface area contributed by atoms with Gasteiger partial charge in [0.25, 0.3) is 5.91 Å². The van der Waals surface area contributed by atoms with Crippen LogP contribution in [0.25, 0.3) is 0 Å². The molecule has 0 aromatic heterocycles. The monoisotopic (exact) mass is 381 g/mol. The molecule has 0 radical (unpaired) electrons. The average molecular weight is 382 g/mol. The maximum absolute atomic E-state index is 12.9. The zero-order valence-corrected chi connectivity index (χ0v) is 14.6. The lowest BCUT2D eigenvalue weighted by Gasteiger charge is -2.35. The van der Waals surface area contributed by atoms with Gasteiger partial charge in [-0.05, 0) is 43.5 Å². The number of hydrogen-bond acceptors (Lipinski definition) is 3. The average Bonchev–Trinajstić information content (AvgIpc) is 2.84. The minimum atomic E-state index is -0.303. The van der Waals surface area contributed by atoms with Crippen LogP contribution in [0, 0.1) is 0 Å². The van der Waals surface area contributed by atoms with Crippen molar-refractivity contribution < 1.29 is 19.6 Å². The zero-order chi connectivity index (χ0) is 16.4. The summed E-state index contributed by atoms with van der Waals surface area (Å²) in [5.74, 6) is -0.222. The highest BCUT2D eigenvalue weighted by Crippen LogP contribution is 2.24. The number of rotatable bonds is 4. The molecule has 2 fully saturated rings. The Morgan fingerprint density at radius 3 is 2.65 bits per heavy atom. The standard InChI is InChI=1S/C17H21BrN2O3/c18-12-4-6-14(7-5-12)20-16(22)11-15(17(20)23)19-9-2-1-3-13(19)8-10-21/h4-7,13,15,21H,1-3,8-11H2/p+1/t13-,15+/m0/s1. The molecule has 1 aromatic rings. The molecule has 2 N–H and O–H groups in total. The maximum atomic E-state index is 12.9. The van der Waals surface area contributed by atoms with Crippen LogP contribution in [0.2, 0.25) is 0 Å². The number of nitrogens with zero attached hydrogens (tertiary/aromatic N) is 1. The molecule has 2 heterocycles. The highest BCUT2D eigenvalue weighted by molar-refractivity contribution is 9.10.